The fraction of sp³-hybridized carbons (Fsp3) is 0.333. The van der Waals surface area contributed by atoms with Crippen molar-refractivity contribution in [3.05, 3.63) is 50.6 Å². The molecule has 2 aromatic heterocycles. The smallest absolute Gasteiger partial charge is 0.234 e. The number of nitrogens with zero attached hydrogens (tertiary/aromatic N) is 2. The molecule has 3 aromatic rings. The number of nitrogens with one attached hydrogen (secondary N) is 1. The molecule has 1 amide bonds. The summed E-state index contributed by atoms with van der Waals surface area (Å²) in [4.78, 5) is 20.0. The van der Waals surface area contributed by atoms with Crippen molar-refractivity contribution in [2.75, 3.05) is 19.6 Å². The van der Waals surface area contributed by atoms with E-state index >= 15 is 0 Å². The van der Waals surface area contributed by atoms with Crippen LogP contribution in [0.4, 0.5) is 0 Å². The summed E-state index contributed by atoms with van der Waals surface area (Å²) in [6.07, 6.45) is 0.762. The maximum atomic E-state index is 12.2. The molecule has 0 aliphatic heterocycles. The van der Waals surface area contributed by atoms with Gasteiger partial charge in [-0.2, -0.15) is 0 Å². The van der Waals surface area contributed by atoms with E-state index in [-0.39, 0.29) is 5.91 Å². The molecule has 0 aliphatic carbocycles. The van der Waals surface area contributed by atoms with Gasteiger partial charge in [0.1, 0.15) is 0 Å². The average Bonchev–Trinajstić information content (AvgIpc) is 3.19. The molecule has 7 heteroatoms. The Kier molecular flexibility index (Phi) is 6.42. The van der Waals surface area contributed by atoms with Gasteiger partial charge in [-0.05, 0) is 30.8 Å². The predicted molar refractivity (Wildman–Crippen MR) is 107 cm³/mol. The van der Waals surface area contributed by atoms with Crippen LogP contribution >= 0.6 is 34.3 Å². The number of hydrogen-bond acceptors (Lipinski definition) is 5. The van der Waals surface area contributed by atoms with Gasteiger partial charge in [-0.15, -0.1) is 22.7 Å². The largest absolute Gasteiger partial charge is 0.355 e. The molecular weight excluding hydrogens is 374 g/mol. The van der Waals surface area contributed by atoms with Gasteiger partial charge < -0.3 is 5.32 Å². The number of fused-ring (bicyclic) bond motifs is 1. The lowest BCUT2D eigenvalue weighted by molar-refractivity contribution is -0.122. The molecule has 1 N–H and O–H groups in total. The summed E-state index contributed by atoms with van der Waals surface area (Å²) in [5.74, 6) is 0.0469. The molecule has 1 aromatic carbocycles. The van der Waals surface area contributed by atoms with Crippen LogP contribution in [0.2, 0.25) is 4.34 Å². The van der Waals surface area contributed by atoms with Crippen molar-refractivity contribution in [1.29, 1.82) is 0 Å². The maximum Gasteiger partial charge on any atom is 0.234 e. The van der Waals surface area contributed by atoms with Gasteiger partial charge in [0.15, 0.2) is 0 Å². The highest BCUT2D eigenvalue weighted by atomic mass is 35.5. The molecule has 0 fully saturated rings. The highest BCUT2D eigenvalue weighted by Crippen LogP contribution is 2.23. The van der Waals surface area contributed by atoms with Gasteiger partial charge in [0.05, 0.1) is 26.1 Å². The second-order valence-corrected chi connectivity index (χ2v) is 8.60. The number of carbonyl (C=O) groups is 1. The van der Waals surface area contributed by atoms with E-state index in [9.17, 15) is 4.79 Å². The molecule has 3 rings (SSSR count). The molecule has 2 heterocycles. The van der Waals surface area contributed by atoms with E-state index in [1.807, 2.05) is 30.3 Å². The molecule has 0 bridgehead atoms. The van der Waals surface area contributed by atoms with Gasteiger partial charge in [0, 0.05) is 24.4 Å². The number of aromatic nitrogens is 1. The SMILES string of the molecule is CCN(CC(=O)NCCc1nc2ccccc2s1)Cc1ccc(Cl)s1. The number of carbonyl (C=O) groups excluding carboxylic acids is 1. The van der Waals surface area contributed by atoms with E-state index in [1.54, 1.807) is 22.7 Å². The summed E-state index contributed by atoms with van der Waals surface area (Å²) in [6, 6.07) is 12.0. The molecule has 0 unspecified atom stereocenters. The Hall–Kier alpha value is -1.47. The Morgan fingerprint density at radius 3 is 2.80 bits per heavy atom. The molecule has 0 saturated heterocycles. The Balaban J connectivity index is 1.45. The monoisotopic (exact) mass is 393 g/mol. The van der Waals surface area contributed by atoms with Gasteiger partial charge in [0.25, 0.3) is 0 Å². The third-order valence-electron chi connectivity index (χ3n) is 3.82. The van der Waals surface area contributed by atoms with Crippen molar-refractivity contribution in [2.24, 2.45) is 0 Å². The van der Waals surface area contributed by atoms with Crippen LogP contribution < -0.4 is 5.32 Å². The second-order valence-electron chi connectivity index (χ2n) is 5.68. The van der Waals surface area contributed by atoms with Crippen LogP contribution in [0.5, 0.6) is 0 Å². The molecular formula is C18H20ClN3OS2. The van der Waals surface area contributed by atoms with Crippen molar-refractivity contribution in [2.45, 2.75) is 19.9 Å². The lowest BCUT2D eigenvalue weighted by Crippen LogP contribution is -2.37. The standard InChI is InChI=1S/C18H20ClN3OS2/c1-2-22(11-13-7-8-16(19)24-13)12-17(23)20-10-9-18-21-14-5-3-4-6-15(14)25-18/h3-8H,2,9-12H2,1H3,(H,20,23). The molecule has 132 valence electrons. The van der Waals surface area contributed by atoms with E-state index in [0.717, 1.165) is 34.4 Å². The van der Waals surface area contributed by atoms with Crippen LogP contribution in [-0.4, -0.2) is 35.4 Å². The molecule has 0 aliphatic rings. The topological polar surface area (TPSA) is 45.2 Å². The number of para-hydroxylation sites is 1. The number of likely N-dealkylation sites (N-methyl/N-ethyl adjacent to an activating group) is 1. The van der Waals surface area contributed by atoms with Crippen LogP contribution in [0.25, 0.3) is 10.2 Å². The van der Waals surface area contributed by atoms with Crippen LogP contribution in [0.3, 0.4) is 0 Å². The van der Waals surface area contributed by atoms with Gasteiger partial charge in [0.2, 0.25) is 5.91 Å². The van der Waals surface area contributed by atoms with Gasteiger partial charge in [-0.3, -0.25) is 9.69 Å². The quantitative estimate of drug-likeness (QED) is 0.624. The molecule has 0 saturated carbocycles. The first-order valence-corrected chi connectivity index (χ1v) is 10.2. The Morgan fingerprint density at radius 2 is 2.08 bits per heavy atom. The Morgan fingerprint density at radius 1 is 1.24 bits per heavy atom. The minimum Gasteiger partial charge on any atom is -0.355 e. The van der Waals surface area contributed by atoms with Crippen molar-refractivity contribution < 1.29 is 4.79 Å². The van der Waals surface area contributed by atoms with E-state index in [0.29, 0.717) is 13.1 Å². The number of amides is 1. The summed E-state index contributed by atoms with van der Waals surface area (Å²) >= 11 is 9.21. The van der Waals surface area contributed by atoms with Crippen LogP contribution in [0, 0.1) is 0 Å². The van der Waals surface area contributed by atoms with Crippen LogP contribution in [0.1, 0.15) is 16.8 Å². The Labute approximate surface area is 160 Å². The van der Waals surface area contributed by atoms with Crippen molar-refractivity contribution in [3.8, 4) is 0 Å². The maximum absolute atomic E-state index is 12.2. The number of benzene rings is 1. The molecule has 0 radical (unpaired) electrons. The minimum absolute atomic E-state index is 0.0469. The lowest BCUT2D eigenvalue weighted by atomic mass is 10.3. The predicted octanol–water partition coefficient (Wildman–Crippen LogP) is 4.19. The summed E-state index contributed by atoms with van der Waals surface area (Å²) in [6.45, 7) is 4.64. The van der Waals surface area contributed by atoms with Crippen LogP contribution in [-0.2, 0) is 17.8 Å². The first-order valence-electron chi connectivity index (χ1n) is 8.21. The first-order chi connectivity index (χ1) is 12.1. The molecule has 0 atom stereocenters. The highest BCUT2D eigenvalue weighted by Gasteiger charge is 2.11. The Bertz CT molecular complexity index is 813. The normalized spacial score (nSPS) is 11.3. The van der Waals surface area contributed by atoms with Crippen molar-refractivity contribution in [1.82, 2.24) is 15.2 Å². The third-order valence-corrected chi connectivity index (χ3v) is 6.13. The number of thiazole rings is 1. The zero-order chi connectivity index (χ0) is 17.6. The summed E-state index contributed by atoms with van der Waals surface area (Å²) in [5.41, 5.74) is 1.03. The molecule has 4 nitrogen and oxygen atoms in total. The number of hydrogen-bond donors (Lipinski definition) is 1. The number of thiophene rings is 1. The van der Waals surface area contributed by atoms with Crippen molar-refractivity contribution >= 4 is 50.4 Å². The lowest BCUT2D eigenvalue weighted by Gasteiger charge is -2.18. The van der Waals surface area contributed by atoms with Gasteiger partial charge in [-0.1, -0.05) is 30.7 Å². The van der Waals surface area contributed by atoms with Gasteiger partial charge in [-0.25, -0.2) is 4.98 Å². The minimum atomic E-state index is 0.0469. The van der Waals surface area contributed by atoms with E-state index in [2.05, 4.69) is 28.2 Å². The highest BCUT2D eigenvalue weighted by molar-refractivity contribution is 7.18. The molecule has 25 heavy (non-hydrogen) atoms. The summed E-state index contributed by atoms with van der Waals surface area (Å²) in [5, 5.41) is 4.05. The van der Waals surface area contributed by atoms with E-state index in [4.69, 9.17) is 11.6 Å². The fourth-order valence-corrected chi connectivity index (χ4v) is 4.63. The molecule has 0 spiro atoms. The van der Waals surface area contributed by atoms with Gasteiger partial charge >= 0.3 is 0 Å². The number of rotatable bonds is 8. The zero-order valence-corrected chi connectivity index (χ0v) is 16.4. The number of halogens is 1. The third kappa shape index (κ3) is 5.25. The van der Waals surface area contributed by atoms with E-state index < -0.39 is 0 Å². The first kappa shape index (κ1) is 18.3. The second kappa shape index (κ2) is 8.76. The summed E-state index contributed by atoms with van der Waals surface area (Å²) in [7, 11) is 0. The van der Waals surface area contributed by atoms with E-state index in [1.165, 1.54) is 9.58 Å². The van der Waals surface area contributed by atoms with Crippen LogP contribution in [0.15, 0.2) is 36.4 Å². The fourth-order valence-electron chi connectivity index (χ4n) is 2.53. The zero-order valence-electron chi connectivity index (χ0n) is 14.0. The summed E-state index contributed by atoms with van der Waals surface area (Å²) < 4.78 is 1.97. The average molecular weight is 394 g/mol. The van der Waals surface area contributed by atoms with Crippen molar-refractivity contribution in [3.63, 3.8) is 0 Å².